The van der Waals surface area contributed by atoms with E-state index >= 15 is 0 Å². The zero-order chi connectivity index (χ0) is 14.3. The number of thiophene rings is 1. The van der Waals surface area contributed by atoms with Crippen molar-refractivity contribution < 1.29 is 0 Å². The van der Waals surface area contributed by atoms with Gasteiger partial charge in [-0.1, -0.05) is 0 Å². The number of hydrogen-bond acceptors (Lipinski definition) is 3. The molecule has 0 N–H and O–H groups in total. The Morgan fingerprint density at radius 1 is 1.45 bits per heavy atom. The van der Waals surface area contributed by atoms with E-state index in [2.05, 4.69) is 42.6 Å². The average molecular weight is 371 g/mol. The number of imidazole rings is 1. The minimum Gasteiger partial charge on any atom is -0.306 e. The summed E-state index contributed by atoms with van der Waals surface area (Å²) in [4.78, 5) is 10.4. The summed E-state index contributed by atoms with van der Waals surface area (Å²) in [5.41, 5.74) is 2.90. The molecule has 0 amide bonds. The third kappa shape index (κ3) is 2.62. The zero-order valence-corrected chi connectivity index (χ0v) is 14.3. The van der Waals surface area contributed by atoms with Crippen molar-refractivity contribution in [1.82, 2.24) is 14.5 Å². The van der Waals surface area contributed by atoms with Crippen LogP contribution in [0.25, 0.3) is 11.2 Å². The van der Waals surface area contributed by atoms with E-state index in [0.717, 1.165) is 32.9 Å². The van der Waals surface area contributed by atoms with Gasteiger partial charge in [-0.2, -0.15) is 0 Å². The summed E-state index contributed by atoms with van der Waals surface area (Å²) < 4.78 is 3.23. The Morgan fingerprint density at radius 2 is 2.25 bits per heavy atom. The average Bonchev–Trinajstić information content (AvgIpc) is 2.94. The van der Waals surface area contributed by atoms with Crippen LogP contribution in [0, 0.1) is 6.92 Å². The first-order valence-electron chi connectivity index (χ1n) is 6.25. The number of alkyl halides is 1. The van der Waals surface area contributed by atoms with Crippen LogP contribution in [0.3, 0.4) is 0 Å². The van der Waals surface area contributed by atoms with Crippen LogP contribution in [0.1, 0.15) is 28.6 Å². The van der Waals surface area contributed by atoms with E-state index in [1.165, 1.54) is 4.88 Å². The van der Waals surface area contributed by atoms with E-state index in [1.807, 2.05) is 26.1 Å². The molecule has 0 radical (unpaired) electrons. The minimum atomic E-state index is -0.145. The molecule has 20 heavy (non-hydrogen) atoms. The van der Waals surface area contributed by atoms with E-state index < -0.39 is 0 Å². The molecule has 3 rings (SSSR count). The summed E-state index contributed by atoms with van der Waals surface area (Å²) in [6.07, 6.45) is 1.87. The van der Waals surface area contributed by atoms with Crippen molar-refractivity contribution in [2.45, 2.75) is 25.8 Å². The maximum absolute atomic E-state index is 6.27. The molecule has 0 fully saturated rings. The van der Waals surface area contributed by atoms with Crippen molar-refractivity contribution in [3.63, 3.8) is 0 Å². The number of aromatic nitrogens is 3. The molecule has 0 aliphatic heterocycles. The summed E-state index contributed by atoms with van der Waals surface area (Å²) in [7, 11) is 0. The number of fused-ring (bicyclic) bond motifs is 1. The lowest BCUT2D eigenvalue weighted by atomic mass is 10.3. The predicted molar refractivity (Wildman–Crippen MR) is 87.7 cm³/mol. The molecule has 3 aromatic rings. The van der Waals surface area contributed by atoms with Crippen LogP contribution in [-0.4, -0.2) is 14.5 Å². The second-order valence-electron chi connectivity index (χ2n) is 4.73. The molecular weight excluding hydrogens is 358 g/mol. The highest BCUT2D eigenvalue weighted by Gasteiger charge is 2.16. The van der Waals surface area contributed by atoms with Crippen molar-refractivity contribution in [1.29, 1.82) is 0 Å². The first kappa shape index (κ1) is 14.0. The first-order valence-corrected chi connectivity index (χ1v) is 8.30. The van der Waals surface area contributed by atoms with Gasteiger partial charge < -0.3 is 4.57 Å². The fraction of sp³-hybridized carbons (Fsp3) is 0.286. The zero-order valence-electron chi connectivity index (χ0n) is 11.1. The summed E-state index contributed by atoms with van der Waals surface area (Å²) in [5.74, 6) is 0.865. The van der Waals surface area contributed by atoms with Gasteiger partial charge in [-0.3, -0.25) is 0 Å². The van der Waals surface area contributed by atoms with Crippen LogP contribution < -0.4 is 0 Å². The van der Waals surface area contributed by atoms with Crippen molar-refractivity contribution >= 4 is 50.0 Å². The number of halogens is 2. The number of rotatable bonds is 3. The van der Waals surface area contributed by atoms with Gasteiger partial charge in [0.05, 0.1) is 15.7 Å². The molecule has 104 valence electrons. The third-order valence-electron chi connectivity index (χ3n) is 3.05. The Bertz CT molecular complexity index is 763. The highest BCUT2D eigenvalue weighted by Crippen LogP contribution is 2.28. The van der Waals surface area contributed by atoms with Gasteiger partial charge in [-0.25, -0.2) is 9.97 Å². The largest absolute Gasteiger partial charge is 0.306 e. The minimum absolute atomic E-state index is 0.145. The smallest absolute Gasteiger partial charge is 0.160 e. The normalized spacial score (nSPS) is 13.0. The standard InChI is InChI=1S/C14H13BrClN3S/c1-8-5-11-14(17-6-8)19(13(18-11)9(2)16)7-10-3-4-12(15)20-10/h3-6,9H,7H2,1-2H3. The summed E-state index contributed by atoms with van der Waals surface area (Å²) in [6, 6.07) is 6.21. The number of aryl methyl sites for hydroxylation is 1. The second-order valence-corrected chi connectivity index (χ2v) is 7.94. The van der Waals surface area contributed by atoms with Crippen LogP contribution >= 0.6 is 38.9 Å². The van der Waals surface area contributed by atoms with Crippen molar-refractivity contribution in [3.05, 3.63) is 44.4 Å². The molecule has 1 unspecified atom stereocenters. The molecule has 0 saturated carbocycles. The van der Waals surface area contributed by atoms with E-state index in [-0.39, 0.29) is 5.38 Å². The van der Waals surface area contributed by atoms with Crippen LogP contribution in [-0.2, 0) is 6.54 Å². The SMILES string of the molecule is Cc1cnc2c(c1)nc(C(C)Cl)n2Cc1ccc(Br)s1. The summed E-state index contributed by atoms with van der Waals surface area (Å²) >= 11 is 11.5. The van der Waals surface area contributed by atoms with E-state index in [4.69, 9.17) is 11.6 Å². The number of hydrogen-bond donors (Lipinski definition) is 0. The fourth-order valence-electron chi connectivity index (χ4n) is 2.18. The maximum Gasteiger partial charge on any atom is 0.160 e. The molecular formula is C14H13BrClN3S. The second kappa shape index (κ2) is 5.47. The molecule has 0 aliphatic carbocycles. The molecule has 0 saturated heterocycles. The fourth-order valence-corrected chi connectivity index (χ4v) is 3.82. The van der Waals surface area contributed by atoms with Gasteiger partial charge in [0, 0.05) is 11.1 Å². The molecule has 0 aliphatic rings. The molecule has 6 heteroatoms. The van der Waals surface area contributed by atoms with Crippen LogP contribution in [0.5, 0.6) is 0 Å². The van der Waals surface area contributed by atoms with Crippen LogP contribution in [0.2, 0.25) is 0 Å². The topological polar surface area (TPSA) is 30.7 Å². The first-order chi connectivity index (χ1) is 9.54. The van der Waals surface area contributed by atoms with Gasteiger partial charge in [-0.15, -0.1) is 22.9 Å². The van der Waals surface area contributed by atoms with Gasteiger partial charge in [0.1, 0.15) is 11.3 Å². The van der Waals surface area contributed by atoms with E-state index in [9.17, 15) is 0 Å². The quantitative estimate of drug-likeness (QED) is 0.613. The van der Waals surface area contributed by atoms with Crippen molar-refractivity contribution in [3.8, 4) is 0 Å². The number of pyridine rings is 1. The summed E-state index contributed by atoms with van der Waals surface area (Å²) in [6.45, 7) is 4.71. The number of nitrogens with zero attached hydrogens (tertiary/aromatic N) is 3. The molecule has 0 spiro atoms. The lowest BCUT2D eigenvalue weighted by Crippen LogP contribution is -2.05. The molecule has 3 heterocycles. The van der Waals surface area contributed by atoms with Gasteiger partial charge in [0.15, 0.2) is 5.65 Å². The molecule has 1 atom stereocenters. The highest BCUT2D eigenvalue weighted by atomic mass is 79.9. The Morgan fingerprint density at radius 3 is 2.90 bits per heavy atom. The maximum atomic E-state index is 6.27. The lowest BCUT2D eigenvalue weighted by Gasteiger charge is -2.08. The Hall–Kier alpha value is -0.910. The van der Waals surface area contributed by atoms with E-state index in [1.54, 1.807) is 11.3 Å². The highest BCUT2D eigenvalue weighted by molar-refractivity contribution is 9.11. The van der Waals surface area contributed by atoms with Gasteiger partial charge in [0.2, 0.25) is 0 Å². The van der Waals surface area contributed by atoms with E-state index in [0.29, 0.717) is 0 Å². The Balaban J connectivity index is 2.13. The molecule has 3 nitrogen and oxygen atoms in total. The lowest BCUT2D eigenvalue weighted by molar-refractivity contribution is 0.744. The Kier molecular flexibility index (Phi) is 3.84. The van der Waals surface area contributed by atoms with Gasteiger partial charge in [0.25, 0.3) is 0 Å². The Labute approximate surface area is 134 Å². The monoisotopic (exact) mass is 369 g/mol. The van der Waals surface area contributed by atoms with Crippen LogP contribution in [0.15, 0.2) is 28.2 Å². The predicted octanol–water partition coefficient (Wildman–Crippen LogP) is 4.91. The van der Waals surface area contributed by atoms with Gasteiger partial charge >= 0.3 is 0 Å². The van der Waals surface area contributed by atoms with Crippen LogP contribution in [0.4, 0.5) is 0 Å². The van der Waals surface area contributed by atoms with Gasteiger partial charge in [-0.05, 0) is 53.5 Å². The molecule has 0 aromatic carbocycles. The molecule has 3 aromatic heterocycles. The summed E-state index contributed by atoms with van der Waals surface area (Å²) in [5, 5.41) is -0.145. The molecule has 0 bridgehead atoms. The van der Waals surface area contributed by atoms with Crippen molar-refractivity contribution in [2.24, 2.45) is 0 Å². The third-order valence-corrected chi connectivity index (χ3v) is 4.85. The van der Waals surface area contributed by atoms with Crippen molar-refractivity contribution in [2.75, 3.05) is 0 Å².